The zero-order valence-corrected chi connectivity index (χ0v) is 9.98. The first-order valence-corrected chi connectivity index (χ1v) is 5.44. The van der Waals surface area contributed by atoms with Gasteiger partial charge in [-0.05, 0) is 13.0 Å². The van der Waals surface area contributed by atoms with E-state index in [-0.39, 0.29) is 6.61 Å². The minimum Gasteiger partial charge on any atom is -0.438 e. The van der Waals surface area contributed by atoms with Gasteiger partial charge in [-0.3, -0.25) is 0 Å². The Kier molecular flexibility index (Phi) is 3.56. The Labute approximate surface area is 104 Å². The third kappa shape index (κ3) is 2.93. The molecule has 0 aliphatic rings. The number of aliphatic hydroxyl groups excluding tert-OH is 1. The second-order valence-corrected chi connectivity index (χ2v) is 3.83. The summed E-state index contributed by atoms with van der Waals surface area (Å²) in [6.45, 7) is 1.64. The van der Waals surface area contributed by atoms with Crippen molar-refractivity contribution in [2.45, 2.75) is 13.5 Å². The number of rotatable bonds is 3. The van der Waals surface area contributed by atoms with Crippen LogP contribution in [0, 0.1) is 6.92 Å². The van der Waals surface area contributed by atoms with Crippen LogP contribution in [0.15, 0.2) is 30.3 Å². The molecule has 0 unspecified atom stereocenters. The van der Waals surface area contributed by atoms with Gasteiger partial charge in [-0.25, -0.2) is 4.98 Å². The van der Waals surface area contributed by atoms with Crippen LogP contribution in [0.1, 0.15) is 11.4 Å². The van der Waals surface area contributed by atoms with Gasteiger partial charge in [0.25, 0.3) is 0 Å². The number of benzene rings is 1. The molecule has 2 rings (SSSR count). The normalized spacial score (nSPS) is 10.3. The van der Waals surface area contributed by atoms with Crippen molar-refractivity contribution in [3.63, 3.8) is 0 Å². The fourth-order valence-electron chi connectivity index (χ4n) is 1.40. The zero-order valence-electron chi connectivity index (χ0n) is 9.22. The van der Waals surface area contributed by atoms with E-state index in [4.69, 9.17) is 21.4 Å². The summed E-state index contributed by atoms with van der Waals surface area (Å²) in [5.74, 6) is 1.46. The van der Waals surface area contributed by atoms with Crippen LogP contribution in [0.2, 0.25) is 5.15 Å². The van der Waals surface area contributed by atoms with Gasteiger partial charge in [-0.1, -0.05) is 29.8 Å². The molecule has 4 nitrogen and oxygen atoms in total. The summed E-state index contributed by atoms with van der Waals surface area (Å²) in [5, 5.41) is 9.49. The highest BCUT2D eigenvalue weighted by molar-refractivity contribution is 6.29. The van der Waals surface area contributed by atoms with Gasteiger partial charge in [-0.15, -0.1) is 0 Å². The van der Waals surface area contributed by atoms with Gasteiger partial charge in [0.1, 0.15) is 16.7 Å². The fraction of sp³-hybridized carbons (Fsp3) is 0.167. The smallest absolute Gasteiger partial charge is 0.224 e. The van der Waals surface area contributed by atoms with Crippen molar-refractivity contribution < 1.29 is 9.84 Å². The van der Waals surface area contributed by atoms with Crippen molar-refractivity contribution in [1.82, 2.24) is 9.97 Å². The van der Waals surface area contributed by atoms with Crippen molar-refractivity contribution in [2.75, 3.05) is 0 Å². The number of para-hydroxylation sites is 1. The molecule has 5 heteroatoms. The van der Waals surface area contributed by atoms with Gasteiger partial charge in [0.2, 0.25) is 5.88 Å². The van der Waals surface area contributed by atoms with E-state index in [1.807, 2.05) is 12.1 Å². The van der Waals surface area contributed by atoms with Crippen LogP contribution in [0.4, 0.5) is 0 Å². The van der Waals surface area contributed by atoms with Crippen LogP contribution >= 0.6 is 11.6 Å². The Balaban J connectivity index is 2.31. The Morgan fingerprint density at radius 2 is 2.06 bits per heavy atom. The average Bonchev–Trinajstić information content (AvgIpc) is 2.28. The molecule has 0 atom stereocenters. The Bertz CT molecular complexity index is 511. The molecule has 88 valence electrons. The predicted octanol–water partition coefficient (Wildman–Crippen LogP) is 2.72. The van der Waals surface area contributed by atoms with E-state index >= 15 is 0 Å². The van der Waals surface area contributed by atoms with Gasteiger partial charge >= 0.3 is 0 Å². The molecule has 0 saturated carbocycles. The number of halogens is 1. The van der Waals surface area contributed by atoms with E-state index in [2.05, 4.69) is 9.97 Å². The largest absolute Gasteiger partial charge is 0.438 e. The molecule has 1 N–H and O–H groups in total. The SMILES string of the molecule is Cc1nc(Cl)cc(Oc2ccccc2CO)n1. The summed E-state index contributed by atoms with van der Waals surface area (Å²) in [6, 6.07) is 8.73. The lowest BCUT2D eigenvalue weighted by atomic mass is 10.2. The lowest BCUT2D eigenvalue weighted by Crippen LogP contribution is -1.96. The van der Waals surface area contributed by atoms with Crippen molar-refractivity contribution in [2.24, 2.45) is 0 Å². The predicted molar refractivity (Wildman–Crippen MR) is 64.2 cm³/mol. The molecule has 0 aliphatic carbocycles. The molecule has 0 bridgehead atoms. The van der Waals surface area contributed by atoms with Gasteiger partial charge in [0.05, 0.1) is 6.61 Å². The Morgan fingerprint density at radius 1 is 1.29 bits per heavy atom. The number of aromatic nitrogens is 2. The molecule has 1 heterocycles. The van der Waals surface area contributed by atoms with Gasteiger partial charge in [-0.2, -0.15) is 4.98 Å². The van der Waals surface area contributed by atoms with Crippen LogP contribution in [0.3, 0.4) is 0 Å². The van der Waals surface area contributed by atoms with E-state index in [9.17, 15) is 0 Å². The summed E-state index contributed by atoms with van der Waals surface area (Å²) in [5.41, 5.74) is 0.694. The van der Waals surface area contributed by atoms with Gasteiger partial charge < -0.3 is 9.84 Å². The molecule has 1 aromatic carbocycles. The third-order valence-corrected chi connectivity index (χ3v) is 2.33. The van der Waals surface area contributed by atoms with Crippen LogP contribution in [0.25, 0.3) is 0 Å². The van der Waals surface area contributed by atoms with E-state index in [1.54, 1.807) is 19.1 Å². The average molecular weight is 251 g/mol. The summed E-state index contributed by atoms with van der Waals surface area (Å²) < 4.78 is 5.57. The molecule has 0 fully saturated rings. The number of hydrogen-bond donors (Lipinski definition) is 1. The Morgan fingerprint density at radius 3 is 2.76 bits per heavy atom. The summed E-state index contributed by atoms with van der Waals surface area (Å²) in [4.78, 5) is 8.05. The minimum absolute atomic E-state index is 0.0893. The highest BCUT2D eigenvalue weighted by Crippen LogP contribution is 2.25. The number of ether oxygens (including phenoxy) is 1. The first-order chi connectivity index (χ1) is 8.19. The highest BCUT2D eigenvalue weighted by atomic mass is 35.5. The van der Waals surface area contributed by atoms with E-state index in [0.29, 0.717) is 28.2 Å². The number of hydrogen-bond acceptors (Lipinski definition) is 4. The molecule has 0 aliphatic heterocycles. The van der Waals surface area contributed by atoms with E-state index in [1.165, 1.54) is 6.07 Å². The molecule has 0 spiro atoms. The van der Waals surface area contributed by atoms with Crippen molar-refractivity contribution in [3.8, 4) is 11.6 Å². The van der Waals surface area contributed by atoms with Crippen molar-refractivity contribution in [1.29, 1.82) is 0 Å². The first kappa shape index (κ1) is 11.8. The van der Waals surface area contributed by atoms with Crippen LogP contribution in [0.5, 0.6) is 11.6 Å². The van der Waals surface area contributed by atoms with Crippen LogP contribution in [-0.4, -0.2) is 15.1 Å². The zero-order chi connectivity index (χ0) is 12.3. The lowest BCUT2D eigenvalue weighted by molar-refractivity contribution is 0.276. The molecule has 0 radical (unpaired) electrons. The second-order valence-electron chi connectivity index (χ2n) is 3.44. The van der Waals surface area contributed by atoms with Gasteiger partial charge in [0.15, 0.2) is 0 Å². The van der Waals surface area contributed by atoms with Gasteiger partial charge in [0, 0.05) is 11.6 Å². The maximum absolute atomic E-state index is 9.17. The molecular weight excluding hydrogens is 240 g/mol. The molecular formula is C12H11ClN2O2. The van der Waals surface area contributed by atoms with Crippen LogP contribution < -0.4 is 4.74 Å². The number of aryl methyl sites for hydroxylation is 1. The molecule has 17 heavy (non-hydrogen) atoms. The maximum Gasteiger partial charge on any atom is 0.224 e. The molecule has 1 aromatic heterocycles. The lowest BCUT2D eigenvalue weighted by Gasteiger charge is -2.08. The second kappa shape index (κ2) is 5.12. The highest BCUT2D eigenvalue weighted by Gasteiger charge is 2.06. The van der Waals surface area contributed by atoms with E-state index < -0.39 is 0 Å². The van der Waals surface area contributed by atoms with E-state index in [0.717, 1.165) is 0 Å². The topological polar surface area (TPSA) is 55.2 Å². The molecule has 2 aromatic rings. The van der Waals surface area contributed by atoms with Crippen molar-refractivity contribution in [3.05, 3.63) is 46.9 Å². The number of nitrogens with zero attached hydrogens (tertiary/aromatic N) is 2. The first-order valence-electron chi connectivity index (χ1n) is 5.07. The standard InChI is InChI=1S/C12H11ClN2O2/c1-8-14-11(13)6-12(15-8)17-10-5-3-2-4-9(10)7-16/h2-6,16H,7H2,1H3. The van der Waals surface area contributed by atoms with Crippen LogP contribution in [-0.2, 0) is 6.61 Å². The summed E-state index contributed by atoms with van der Waals surface area (Å²) in [7, 11) is 0. The maximum atomic E-state index is 9.17. The Hall–Kier alpha value is -1.65. The molecule has 0 amide bonds. The quantitative estimate of drug-likeness (QED) is 0.851. The summed E-state index contributed by atoms with van der Waals surface area (Å²) in [6.07, 6.45) is 0. The number of aliphatic hydroxyl groups is 1. The monoisotopic (exact) mass is 250 g/mol. The minimum atomic E-state index is -0.0893. The van der Waals surface area contributed by atoms with Crippen molar-refractivity contribution >= 4 is 11.6 Å². The third-order valence-electron chi connectivity index (χ3n) is 2.14. The fourth-order valence-corrected chi connectivity index (χ4v) is 1.62. The summed E-state index contributed by atoms with van der Waals surface area (Å²) >= 11 is 5.81. The molecule has 0 saturated heterocycles.